The lowest BCUT2D eigenvalue weighted by atomic mass is 10.0. The molecule has 29 heavy (non-hydrogen) atoms. The highest BCUT2D eigenvalue weighted by Crippen LogP contribution is 2.24. The van der Waals surface area contributed by atoms with Gasteiger partial charge in [-0.25, -0.2) is 0 Å². The van der Waals surface area contributed by atoms with E-state index in [1.807, 2.05) is 30.3 Å². The molecule has 1 unspecified atom stereocenters. The Bertz CT molecular complexity index is 836. The van der Waals surface area contributed by atoms with E-state index in [1.54, 1.807) is 19.1 Å². The number of likely N-dealkylation sites (tertiary alicyclic amines) is 1. The second-order valence-corrected chi connectivity index (χ2v) is 7.94. The van der Waals surface area contributed by atoms with Crippen molar-refractivity contribution < 1.29 is 15.0 Å². The fourth-order valence-electron chi connectivity index (χ4n) is 3.57. The maximum Gasteiger partial charge on any atom is 0.238 e. The Balaban J connectivity index is 1.47. The van der Waals surface area contributed by atoms with E-state index in [9.17, 15) is 15.0 Å². The molecule has 7 heteroatoms. The highest BCUT2D eigenvalue weighted by Gasteiger charge is 2.21. The zero-order chi connectivity index (χ0) is 20.8. The molecule has 2 aromatic carbocycles. The third-order valence-electron chi connectivity index (χ3n) is 5.20. The monoisotopic (exact) mass is 417 g/mol. The minimum atomic E-state index is -0.564. The lowest BCUT2D eigenvalue weighted by molar-refractivity contribution is -0.117. The Morgan fingerprint density at radius 3 is 2.69 bits per heavy atom. The third kappa shape index (κ3) is 6.18. The van der Waals surface area contributed by atoms with Crippen molar-refractivity contribution in [3.05, 3.63) is 58.6 Å². The fourth-order valence-corrected chi connectivity index (χ4v) is 3.76. The van der Waals surface area contributed by atoms with Crippen LogP contribution in [0.4, 0.5) is 11.4 Å². The van der Waals surface area contributed by atoms with E-state index in [1.165, 1.54) is 0 Å². The zero-order valence-electron chi connectivity index (χ0n) is 16.6. The lowest BCUT2D eigenvalue weighted by Crippen LogP contribution is -2.42. The normalized spacial score (nSPS) is 16.4. The number of hydrogen-bond acceptors (Lipinski definition) is 5. The molecule has 0 saturated carbocycles. The number of hydrogen-bond donors (Lipinski definition) is 4. The summed E-state index contributed by atoms with van der Waals surface area (Å²) in [7, 11) is 0. The van der Waals surface area contributed by atoms with Crippen molar-refractivity contribution in [1.29, 1.82) is 0 Å². The number of carbonyl (C=O) groups is 1. The first-order valence-electron chi connectivity index (χ1n) is 9.90. The molecular formula is C22H28ClN3O3. The molecule has 1 atom stereocenters. The van der Waals surface area contributed by atoms with Gasteiger partial charge in [0.05, 0.1) is 19.3 Å². The molecule has 156 valence electrons. The van der Waals surface area contributed by atoms with E-state index in [0.29, 0.717) is 23.3 Å². The van der Waals surface area contributed by atoms with Gasteiger partial charge in [-0.1, -0.05) is 23.7 Å². The van der Waals surface area contributed by atoms with Crippen LogP contribution in [0, 0.1) is 0 Å². The highest BCUT2D eigenvalue weighted by molar-refractivity contribution is 6.30. The SMILES string of the molecule is CC(O)c1cccc(NC(=O)CN2CCC(Nc3ccc(Cl)cc3CO)CC2)c1. The number of halogens is 1. The Hall–Kier alpha value is -2.12. The molecule has 1 aliphatic rings. The van der Waals surface area contributed by atoms with E-state index in [0.717, 1.165) is 42.7 Å². The van der Waals surface area contributed by atoms with Gasteiger partial charge in [0.1, 0.15) is 0 Å². The summed E-state index contributed by atoms with van der Waals surface area (Å²) in [5.74, 6) is -0.0561. The van der Waals surface area contributed by atoms with Crippen molar-refractivity contribution in [2.75, 3.05) is 30.3 Å². The second kappa shape index (κ2) is 10.1. The van der Waals surface area contributed by atoms with Crippen LogP contribution in [0.25, 0.3) is 0 Å². The predicted molar refractivity (Wildman–Crippen MR) is 116 cm³/mol. The Kier molecular flexibility index (Phi) is 7.50. The Morgan fingerprint density at radius 1 is 1.24 bits per heavy atom. The van der Waals surface area contributed by atoms with E-state index in [2.05, 4.69) is 15.5 Å². The smallest absolute Gasteiger partial charge is 0.238 e. The van der Waals surface area contributed by atoms with Crippen molar-refractivity contribution in [3.63, 3.8) is 0 Å². The molecular weight excluding hydrogens is 390 g/mol. The predicted octanol–water partition coefficient (Wildman–Crippen LogP) is 3.40. The van der Waals surface area contributed by atoms with Crippen molar-refractivity contribution in [2.24, 2.45) is 0 Å². The molecule has 1 amide bonds. The topological polar surface area (TPSA) is 84.8 Å². The molecule has 1 fully saturated rings. The van der Waals surface area contributed by atoms with E-state index >= 15 is 0 Å². The van der Waals surface area contributed by atoms with Crippen LogP contribution in [0.15, 0.2) is 42.5 Å². The van der Waals surface area contributed by atoms with Crippen LogP contribution >= 0.6 is 11.6 Å². The summed E-state index contributed by atoms with van der Waals surface area (Å²) in [6.45, 7) is 3.63. The number of benzene rings is 2. The molecule has 1 aliphatic heterocycles. The zero-order valence-corrected chi connectivity index (χ0v) is 17.3. The summed E-state index contributed by atoms with van der Waals surface area (Å²) in [4.78, 5) is 14.5. The summed E-state index contributed by atoms with van der Waals surface area (Å²) < 4.78 is 0. The van der Waals surface area contributed by atoms with E-state index < -0.39 is 6.10 Å². The number of rotatable bonds is 7. The first kappa shape index (κ1) is 21.6. The van der Waals surface area contributed by atoms with Crippen LogP contribution in [0.5, 0.6) is 0 Å². The average molecular weight is 418 g/mol. The number of anilines is 2. The largest absolute Gasteiger partial charge is 0.392 e. The van der Waals surface area contributed by atoms with Gasteiger partial charge >= 0.3 is 0 Å². The van der Waals surface area contributed by atoms with E-state index in [-0.39, 0.29) is 12.5 Å². The molecule has 6 nitrogen and oxygen atoms in total. The van der Waals surface area contributed by atoms with Gasteiger partial charge < -0.3 is 20.8 Å². The first-order chi connectivity index (χ1) is 13.9. The van der Waals surface area contributed by atoms with Crippen molar-refractivity contribution in [3.8, 4) is 0 Å². The van der Waals surface area contributed by atoms with Gasteiger partial charge in [-0.2, -0.15) is 0 Å². The molecule has 4 N–H and O–H groups in total. The number of carbonyl (C=O) groups excluding carboxylic acids is 1. The number of piperidine rings is 1. The van der Waals surface area contributed by atoms with Gasteiger partial charge in [-0.05, 0) is 55.7 Å². The van der Waals surface area contributed by atoms with Crippen LogP contribution in [0.3, 0.4) is 0 Å². The summed E-state index contributed by atoms with van der Waals surface area (Å²) in [6, 6.07) is 13.1. The second-order valence-electron chi connectivity index (χ2n) is 7.50. The maximum atomic E-state index is 12.4. The van der Waals surface area contributed by atoms with Crippen LogP contribution < -0.4 is 10.6 Å². The highest BCUT2D eigenvalue weighted by atomic mass is 35.5. The third-order valence-corrected chi connectivity index (χ3v) is 5.44. The van der Waals surface area contributed by atoms with Crippen molar-refractivity contribution in [2.45, 2.75) is 38.5 Å². The molecule has 1 saturated heterocycles. The number of aliphatic hydroxyl groups excluding tert-OH is 2. The number of nitrogens with zero attached hydrogens (tertiary/aromatic N) is 1. The molecule has 0 radical (unpaired) electrons. The first-order valence-corrected chi connectivity index (χ1v) is 10.3. The molecule has 3 rings (SSSR count). The minimum absolute atomic E-state index is 0.0561. The molecule has 0 spiro atoms. The standard InChI is InChI=1S/C22H28ClN3O3/c1-15(28)16-3-2-4-20(12-16)25-22(29)13-26-9-7-19(8-10-26)24-21-6-5-18(23)11-17(21)14-27/h2-6,11-12,15,19,24,27-28H,7-10,13-14H2,1H3,(H,25,29). The molecule has 2 aromatic rings. The number of nitrogens with one attached hydrogen (secondary N) is 2. The summed E-state index contributed by atoms with van der Waals surface area (Å²) >= 11 is 5.99. The Labute approximate surface area is 176 Å². The minimum Gasteiger partial charge on any atom is -0.392 e. The van der Waals surface area contributed by atoms with Gasteiger partial charge in [0.15, 0.2) is 0 Å². The van der Waals surface area contributed by atoms with Gasteiger partial charge in [0.25, 0.3) is 0 Å². The Morgan fingerprint density at radius 2 is 2.00 bits per heavy atom. The van der Waals surface area contributed by atoms with Crippen LogP contribution in [0.2, 0.25) is 5.02 Å². The molecule has 1 heterocycles. The van der Waals surface area contributed by atoms with Crippen LogP contribution in [0.1, 0.15) is 37.0 Å². The summed E-state index contributed by atoms with van der Waals surface area (Å²) in [6.07, 6.45) is 1.27. The van der Waals surface area contributed by atoms with Gasteiger partial charge in [-0.15, -0.1) is 0 Å². The van der Waals surface area contributed by atoms with Crippen LogP contribution in [-0.2, 0) is 11.4 Å². The van der Waals surface area contributed by atoms with Crippen molar-refractivity contribution in [1.82, 2.24) is 4.90 Å². The van der Waals surface area contributed by atoms with Gasteiger partial charge in [0, 0.05) is 41.1 Å². The fraction of sp³-hybridized carbons (Fsp3) is 0.409. The molecule has 0 aromatic heterocycles. The number of amides is 1. The lowest BCUT2D eigenvalue weighted by Gasteiger charge is -2.32. The summed E-state index contributed by atoms with van der Waals surface area (Å²) in [5, 5.41) is 26.2. The van der Waals surface area contributed by atoms with E-state index in [4.69, 9.17) is 11.6 Å². The van der Waals surface area contributed by atoms with Gasteiger partial charge in [0.2, 0.25) is 5.91 Å². The van der Waals surface area contributed by atoms with Gasteiger partial charge in [-0.3, -0.25) is 9.69 Å². The maximum absolute atomic E-state index is 12.4. The van der Waals surface area contributed by atoms with Crippen LogP contribution in [-0.4, -0.2) is 46.7 Å². The molecule has 0 aliphatic carbocycles. The average Bonchev–Trinajstić information content (AvgIpc) is 2.70. The number of aliphatic hydroxyl groups is 2. The van der Waals surface area contributed by atoms with Crippen molar-refractivity contribution >= 4 is 28.9 Å². The molecule has 0 bridgehead atoms. The summed E-state index contributed by atoms with van der Waals surface area (Å²) in [5.41, 5.74) is 3.17. The quantitative estimate of drug-likeness (QED) is 0.555.